The lowest BCUT2D eigenvalue weighted by molar-refractivity contribution is 0.996. The summed E-state index contributed by atoms with van der Waals surface area (Å²) in [6.45, 7) is 2.08. The molecule has 1 rings (SSSR count). The molecule has 1 aromatic carbocycles. The number of nitrogens with two attached hydrogens (primary N) is 1. The monoisotopic (exact) mass is 272 g/mol. The van der Waals surface area contributed by atoms with E-state index in [0.717, 1.165) is 4.47 Å². The van der Waals surface area contributed by atoms with Gasteiger partial charge in [-0.15, -0.1) is 11.8 Å². The summed E-state index contributed by atoms with van der Waals surface area (Å²) in [5, 5.41) is 7.54. The first-order valence-corrected chi connectivity index (χ1v) is 6.00. The van der Waals surface area contributed by atoms with E-state index < -0.39 is 0 Å². The lowest BCUT2D eigenvalue weighted by Crippen LogP contribution is -2.14. The van der Waals surface area contributed by atoms with E-state index >= 15 is 0 Å². The molecule has 0 radical (unpaired) electrons. The van der Waals surface area contributed by atoms with Crippen molar-refractivity contribution >= 4 is 33.5 Å². The fourth-order valence-electron chi connectivity index (χ4n) is 1.12. The number of thioether (sulfide) groups is 1. The van der Waals surface area contributed by atoms with Crippen LogP contribution in [0.15, 0.2) is 33.6 Å². The summed E-state index contributed by atoms with van der Waals surface area (Å²) in [7, 11) is 0. The van der Waals surface area contributed by atoms with E-state index in [1.54, 1.807) is 11.8 Å². The lowest BCUT2D eigenvalue weighted by atomic mass is 10.3. The van der Waals surface area contributed by atoms with E-state index in [0.29, 0.717) is 11.7 Å². The number of nitrogens with one attached hydrogen (secondary N) is 1. The standard InChI is InChI=1S/C10H13BrN2S/c1-7(5-10(12)13)14-9-4-2-3-8(11)6-9/h2-4,6-7H,5H2,1H3,(H3,12,13). The quantitative estimate of drug-likeness (QED) is 0.502. The van der Waals surface area contributed by atoms with Gasteiger partial charge in [0.2, 0.25) is 0 Å². The topological polar surface area (TPSA) is 49.9 Å². The first-order chi connectivity index (χ1) is 6.58. The predicted molar refractivity (Wildman–Crippen MR) is 66.0 cm³/mol. The highest BCUT2D eigenvalue weighted by atomic mass is 79.9. The average Bonchev–Trinajstić information content (AvgIpc) is 2.01. The molecule has 0 heterocycles. The Morgan fingerprint density at radius 2 is 2.36 bits per heavy atom. The minimum Gasteiger partial charge on any atom is -0.388 e. The van der Waals surface area contributed by atoms with Gasteiger partial charge in [-0.1, -0.05) is 28.9 Å². The van der Waals surface area contributed by atoms with E-state index in [9.17, 15) is 0 Å². The van der Waals surface area contributed by atoms with Crippen molar-refractivity contribution in [2.24, 2.45) is 5.73 Å². The molecular weight excluding hydrogens is 260 g/mol. The average molecular weight is 273 g/mol. The van der Waals surface area contributed by atoms with E-state index in [1.807, 2.05) is 12.1 Å². The van der Waals surface area contributed by atoms with Crippen LogP contribution in [-0.4, -0.2) is 11.1 Å². The summed E-state index contributed by atoms with van der Waals surface area (Å²) in [6, 6.07) is 8.14. The first kappa shape index (κ1) is 11.6. The molecule has 0 bridgehead atoms. The van der Waals surface area contributed by atoms with Crippen LogP contribution in [0, 0.1) is 5.41 Å². The molecule has 0 saturated carbocycles. The second-order valence-corrected chi connectivity index (χ2v) is 5.54. The minimum absolute atomic E-state index is 0.250. The third kappa shape index (κ3) is 4.15. The van der Waals surface area contributed by atoms with Crippen LogP contribution < -0.4 is 5.73 Å². The van der Waals surface area contributed by atoms with Crippen molar-refractivity contribution < 1.29 is 0 Å². The van der Waals surface area contributed by atoms with Gasteiger partial charge in [-0.2, -0.15) is 0 Å². The van der Waals surface area contributed by atoms with Crippen LogP contribution in [0.4, 0.5) is 0 Å². The van der Waals surface area contributed by atoms with Gasteiger partial charge in [-0.05, 0) is 18.2 Å². The first-order valence-electron chi connectivity index (χ1n) is 4.33. The van der Waals surface area contributed by atoms with Gasteiger partial charge in [0.1, 0.15) is 0 Å². The van der Waals surface area contributed by atoms with Crippen molar-refractivity contribution in [2.45, 2.75) is 23.5 Å². The van der Waals surface area contributed by atoms with Gasteiger partial charge in [-0.3, -0.25) is 5.41 Å². The van der Waals surface area contributed by atoms with Gasteiger partial charge >= 0.3 is 0 Å². The summed E-state index contributed by atoms with van der Waals surface area (Å²) in [5.74, 6) is 0.250. The number of benzene rings is 1. The van der Waals surface area contributed by atoms with Crippen LogP contribution in [0.1, 0.15) is 13.3 Å². The molecule has 14 heavy (non-hydrogen) atoms. The van der Waals surface area contributed by atoms with E-state index in [2.05, 4.69) is 35.0 Å². The van der Waals surface area contributed by atoms with Gasteiger partial charge in [0.25, 0.3) is 0 Å². The molecule has 0 amide bonds. The summed E-state index contributed by atoms with van der Waals surface area (Å²) in [5.41, 5.74) is 5.34. The van der Waals surface area contributed by atoms with Crippen molar-refractivity contribution in [2.75, 3.05) is 0 Å². The minimum atomic E-state index is 0.250. The molecular formula is C10H13BrN2S. The second-order valence-electron chi connectivity index (χ2n) is 3.12. The fraction of sp³-hybridized carbons (Fsp3) is 0.300. The highest BCUT2D eigenvalue weighted by Gasteiger charge is 2.05. The molecule has 1 unspecified atom stereocenters. The van der Waals surface area contributed by atoms with E-state index in [-0.39, 0.29) is 5.84 Å². The Hall–Kier alpha value is -0.480. The number of rotatable bonds is 4. The Kier molecular flexibility index (Phi) is 4.48. The summed E-state index contributed by atoms with van der Waals surface area (Å²) in [6.07, 6.45) is 0.636. The second kappa shape index (κ2) is 5.41. The molecule has 0 spiro atoms. The van der Waals surface area contributed by atoms with Crippen LogP contribution in [0.5, 0.6) is 0 Å². The van der Waals surface area contributed by atoms with Gasteiger partial charge in [0, 0.05) is 21.0 Å². The Morgan fingerprint density at radius 3 is 2.93 bits per heavy atom. The van der Waals surface area contributed by atoms with E-state index in [1.165, 1.54) is 4.90 Å². The van der Waals surface area contributed by atoms with Gasteiger partial charge in [0.05, 0.1) is 5.84 Å². The van der Waals surface area contributed by atoms with Crippen molar-refractivity contribution in [1.82, 2.24) is 0 Å². The molecule has 0 aromatic heterocycles. The molecule has 0 aliphatic heterocycles. The normalized spacial score (nSPS) is 12.4. The Morgan fingerprint density at radius 1 is 1.64 bits per heavy atom. The van der Waals surface area contributed by atoms with Gasteiger partial charge < -0.3 is 5.73 Å². The maximum atomic E-state index is 7.19. The Labute approximate surface area is 96.9 Å². The van der Waals surface area contributed by atoms with Crippen LogP contribution in [0.2, 0.25) is 0 Å². The van der Waals surface area contributed by atoms with Crippen LogP contribution in [0.25, 0.3) is 0 Å². The smallest absolute Gasteiger partial charge is 0.0916 e. The van der Waals surface area contributed by atoms with E-state index in [4.69, 9.17) is 11.1 Å². The van der Waals surface area contributed by atoms with Crippen molar-refractivity contribution in [1.29, 1.82) is 5.41 Å². The Balaban J connectivity index is 2.55. The summed E-state index contributed by atoms with van der Waals surface area (Å²) >= 11 is 5.16. The highest BCUT2D eigenvalue weighted by Crippen LogP contribution is 2.27. The van der Waals surface area contributed by atoms with Crippen molar-refractivity contribution in [3.63, 3.8) is 0 Å². The SMILES string of the molecule is CC(CC(=N)N)Sc1cccc(Br)c1. The van der Waals surface area contributed by atoms with Crippen LogP contribution in [0.3, 0.4) is 0 Å². The third-order valence-corrected chi connectivity index (χ3v) is 3.23. The Bertz CT molecular complexity index is 328. The molecule has 2 nitrogen and oxygen atoms in total. The molecule has 0 saturated heterocycles. The van der Waals surface area contributed by atoms with Crippen LogP contribution >= 0.6 is 27.7 Å². The molecule has 1 aromatic rings. The molecule has 0 fully saturated rings. The predicted octanol–water partition coefficient (Wildman–Crippen LogP) is 3.26. The molecule has 0 aliphatic rings. The lowest BCUT2D eigenvalue weighted by Gasteiger charge is -2.09. The zero-order valence-corrected chi connectivity index (χ0v) is 10.4. The zero-order chi connectivity index (χ0) is 10.6. The zero-order valence-electron chi connectivity index (χ0n) is 7.96. The van der Waals surface area contributed by atoms with Gasteiger partial charge in [-0.25, -0.2) is 0 Å². The molecule has 1 atom stereocenters. The maximum Gasteiger partial charge on any atom is 0.0916 e. The van der Waals surface area contributed by atoms with Crippen LogP contribution in [-0.2, 0) is 0 Å². The number of amidine groups is 1. The molecule has 3 N–H and O–H groups in total. The van der Waals surface area contributed by atoms with Crippen molar-refractivity contribution in [3.8, 4) is 0 Å². The summed E-state index contributed by atoms with van der Waals surface area (Å²) < 4.78 is 1.08. The number of hydrogen-bond acceptors (Lipinski definition) is 2. The largest absolute Gasteiger partial charge is 0.388 e. The maximum absolute atomic E-state index is 7.19. The van der Waals surface area contributed by atoms with Gasteiger partial charge in [0.15, 0.2) is 0 Å². The number of halogens is 1. The molecule has 76 valence electrons. The molecule has 0 aliphatic carbocycles. The third-order valence-electron chi connectivity index (χ3n) is 1.64. The molecule has 4 heteroatoms. The number of hydrogen-bond donors (Lipinski definition) is 2. The highest BCUT2D eigenvalue weighted by molar-refractivity contribution is 9.10. The summed E-state index contributed by atoms with van der Waals surface area (Å²) in [4.78, 5) is 1.20. The fourth-order valence-corrected chi connectivity index (χ4v) is 2.75. The van der Waals surface area contributed by atoms with Crippen molar-refractivity contribution in [3.05, 3.63) is 28.7 Å².